The van der Waals surface area contributed by atoms with Gasteiger partial charge in [-0.1, -0.05) is 6.07 Å². The van der Waals surface area contributed by atoms with Crippen molar-refractivity contribution in [3.05, 3.63) is 79.7 Å². The first-order valence-corrected chi connectivity index (χ1v) is 8.36. The Morgan fingerprint density at radius 2 is 1.86 bits per heavy atom. The van der Waals surface area contributed by atoms with E-state index in [9.17, 15) is 26.7 Å². The van der Waals surface area contributed by atoms with Crippen molar-refractivity contribution < 1.29 is 26.4 Å². The molecule has 0 saturated heterocycles. The molecule has 0 radical (unpaired) electrons. The van der Waals surface area contributed by atoms with E-state index >= 15 is 0 Å². The predicted octanol–water partition coefficient (Wildman–Crippen LogP) is 5.09. The van der Waals surface area contributed by atoms with Crippen LogP contribution < -0.4 is 5.56 Å². The topological polar surface area (TPSA) is 58.9 Å². The van der Waals surface area contributed by atoms with Crippen molar-refractivity contribution in [2.24, 2.45) is 0 Å². The zero-order chi connectivity index (χ0) is 20.6. The lowest BCUT2D eigenvalue weighted by Crippen LogP contribution is -2.29. The quantitative estimate of drug-likeness (QED) is 0.513. The number of hydrogen-bond acceptors (Lipinski definition) is 3. The van der Waals surface area contributed by atoms with E-state index in [1.165, 1.54) is 18.2 Å². The average molecular weight is 459 g/mol. The van der Waals surface area contributed by atoms with E-state index in [1.807, 2.05) is 0 Å². The van der Waals surface area contributed by atoms with Crippen molar-refractivity contribution in [3.63, 3.8) is 0 Å². The van der Waals surface area contributed by atoms with E-state index in [0.717, 1.165) is 16.7 Å². The van der Waals surface area contributed by atoms with Gasteiger partial charge in [-0.25, -0.2) is 8.78 Å². The summed E-state index contributed by atoms with van der Waals surface area (Å²) in [5, 5.41) is 9.09. The van der Waals surface area contributed by atoms with Crippen LogP contribution in [0.5, 0.6) is 0 Å². The second kappa shape index (κ2) is 7.24. The van der Waals surface area contributed by atoms with Gasteiger partial charge in [0.1, 0.15) is 23.3 Å². The number of halogens is 6. The first kappa shape index (κ1) is 19.8. The molecule has 4 nitrogen and oxygen atoms in total. The van der Waals surface area contributed by atoms with Crippen LogP contribution in [0.4, 0.5) is 22.0 Å². The molecule has 0 aliphatic rings. The Balaban J connectivity index is 2.31. The number of pyridine rings is 1. The minimum absolute atomic E-state index is 0.110. The molecule has 0 atom stereocenters. The van der Waals surface area contributed by atoms with Gasteiger partial charge in [-0.05, 0) is 40.2 Å². The Kier molecular flexibility index (Phi) is 5.12. The summed E-state index contributed by atoms with van der Waals surface area (Å²) in [4.78, 5) is 12.6. The van der Waals surface area contributed by atoms with Gasteiger partial charge in [0.05, 0.1) is 17.8 Å². The van der Waals surface area contributed by atoms with Crippen molar-refractivity contribution in [2.75, 3.05) is 0 Å². The van der Waals surface area contributed by atoms with Crippen LogP contribution in [0.15, 0.2) is 50.3 Å². The molecule has 3 rings (SSSR count). The molecule has 1 aromatic carbocycles. The largest absolute Gasteiger partial charge is 0.448 e. The maximum atomic E-state index is 14.0. The van der Waals surface area contributed by atoms with Gasteiger partial charge in [-0.15, -0.1) is 0 Å². The number of alkyl halides is 3. The molecule has 0 N–H and O–H groups in total. The number of nitriles is 1. The number of hydrogen-bond donors (Lipinski definition) is 0. The van der Waals surface area contributed by atoms with E-state index < -0.39 is 41.0 Å². The third kappa shape index (κ3) is 3.71. The highest BCUT2D eigenvalue weighted by molar-refractivity contribution is 9.10. The van der Waals surface area contributed by atoms with Crippen molar-refractivity contribution in [1.82, 2.24) is 4.57 Å². The number of nitrogens with zero attached hydrogens (tertiary/aromatic N) is 2. The summed E-state index contributed by atoms with van der Waals surface area (Å²) >= 11 is 3.01. The summed E-state index contributed by atoms with van der Waals surface area (Å²) in [6.07, 6.45) is -4.97. The summed E-state index contributed by atoms with van der Waals surface area (Å²) in [5.74, 6) is -1.95. The van der Waals surface area contributed by atoms with Gasteiger partial charge in [0.15, 0.2) is 10.4 Å². The van der Waals surface area contributed by atoms with Gasteiger partial charge in [0, 0.05) is 11.6 Å². The van der Waals surface area contributed by atoms with Gasteiger partial charge in [-0.3, -0.25) is 9.36 Å². The van der Waals surface area contributed by atoms with Crippen LogP contribution in [0.25, 0.3) is 11.5 Å². The van der Waals surface area contributed by atoms with E-state index in [2.05, 4.69) is 15.9 Å². The monoisotopic (exact) mass is 458 g/mol. The fraction of sp³-hybridized carbons (Fsp3) is 0.111. The zero-order valence-corrected chi connectivity index (χ0v) is 15.2. The van der Waals surface area contributed by atoms with Gasteiger partial charge in [-0.2, -0.15) is 18.4 Å². The Morgan fingerprint density at radius 1 is 1.14 bits per heavy atom. The fourth-order valence-electron chi connectivity index (χ4n) is 2.61. The van der Waals surface area contributed by atoms with Crippen molar-refractivity contribution in [2.45, 2.75) is 12.7 Å². The van der Waals surface area contributed by atoms with Crippen molar-refractivity contribution >= 4 is 15.9 Å². The molecule has 0 bridgehead atoms. The number of benzene rings is 1. The minimum atomic E-state index is -4.97. The lowest BCUT2D eigenvalue weighted by molar-refractivity contribution is -0.137. The standard InChI is InChI=1S/C18H8BrF5N2O2/c19-16-4-3-15(28-16)14-6-12(18(22,23)24)11(7-25)17(27)26(14)8-9-1-2-10(20)5-13(9)21/h1-6H,8H2. The smallest absolute Gasteiger partial charge is 0.417 e. The SMILES string of the molecule is N#Cc1c(C(F)(F)F)cc(-c2ccc(Br)o2)n(Cc2ccc(F)cc2F)c1=O. The van der Waals surface area contributed by atoms with Crippen molar-refractivity contribution in [1.29, 1.82) is 5.26 Å². The summed E-state index contributed by atoms with van der Waals surface area (Å²) in [6, 6.07) is 7.14. The molecule has 0 amide bonds. The van der Waals surface area contributed by atoms with E-state index in [0.29, 0.717) is 12.1 Å². The van der Waals surface area contributed by atoms with Crippen LogP contribution in [0, 0.1) is 23.0 Å². The van der Waals surface area contributed by atoms with Gasteiger partial charge in [0.2, 0.25) is 0 Å². The van der Waals surface area contributed by atoms with Crippen LogP contribution in [0.1, 0.15) is 16.7 Å². The Bertz CT molecular complexity index is 1160. The summed E-state index contributed by atoms with van der Waals surface area (Å²) in [7, 11) is 0. The van der Waals surface area contributed by atoms with Gasteiger partial charge in [0.25, 0.3) is 5.56 Å². The minimum Gasteiger partial charge on any atom is -0.448 e. The molecular formula is C18H8BrF5N2O2. The predicted molar refractivity (Wildman–Crippen MR) is 91.3 cm³/mol. The van der Waals surface area contributed by atoms with E-state index in [1.54, 1.807) is 0 Å². The maximum absolute atomic E-state index is 14.0. The Labute approximate surface area is 162 Å². The van der Waals surface area contributed by atoms with Crippen LogP contribution in [-0.4, -0.2) is 4.57 Å². The zero-order valence-electron chi connectivity index (χ0n) is 13.6. The van der Waals surface area contributed by atoms with Crippen molar-refractivity contribution in [3.8, 4) is 17.5 Å². The van der Waals surface area contributed by atoms with Crippen LogP contribution in [0.2, 0.25) is 0 Å². The molecule has 2 heterocycles. The molecule has 2 aromatic heterocycles. The molecule has 0 unspecified atom stereocenters. The van der Waals surface area contributed by atoms with Gasteiger partial charge < -0.3 is 4.42 Å². The normalized spacial score (nSPS) is 11.5. The molecule has 28 heavy (non-hydrogen) atoms. The molecular weight excluding hydrogens is 451 g/mol. The maximum Gasteiger partial charge on any atom is 0.417 e. The van der Waals surface area contributed by atoms with Crippen LogP contribution in [-0.2, 0) is 12.7 Å². The molecule has 0 aliphatic carbocycles. The third-order valence-corrected chi connectivity index (χ3v) is 4.31. The number of aromatic nitrogens is 1. The highest BCUT2D eigenvalue weighted by atomic mass is 79.9. The molecule has 0 aliphatic heterocycles. The summed E-state index contributed by atoms with van der Waals surface area (Å²) in [5.41, 5.74) is -4.31. The molecule has 0 saturated carbocycles. The molecule has 10 heteroatoms. The van der Waals surface area contributed by atoms with Crippen LogP contribution >= 0.6 is 15.9 Å². The molecule has 144 valence electrons. The third-order valence-electron chi connectivity index (χ3n) is 3.89. The first-order valence-electron chi connectivity index (χ1n) is 7.56. The second-order valence-corrected chi connectivity index (χ2v) is 6.44. The van der Waals surface area contributed by atoms with E-state index in [4.69, 9.17) is 9.68 Å². The summed E-state index contributed by atoms with van der Waals surface area (Å²) in [6.45, 7) is -0.536. The fourth-order valence-corrected chi connectivity index (χ4v) is 2.92. The molecule has 0 spiro atoms. The Hall–Kier alpha value is -2.93. The Morgan fingerprint density at radius 3 is 2.39 bits per heavy atom. The lowest BCUT2D eigenvalue weighted by atomic mass is 10.1. The summed E-state index contributed by atoms with van der Waals surface area (Å²) < 4.78 is 73.4. The van der Waals surface area contributed by atoms with Crippen LogP contribution in [0.3, 0.4) is 0 Å². The van der Waals surface area contributed by atoms with E-state index in [-0.39, 0.29) is 21.7 Å². The average Bonchev–Trinajstić information content (AvgIpc) is 3.03. The lowest BCUT2D eigenvalue weighted by Gasteiger charge is -2.16. The molecule has 3 aromatic rings. The molecule has 0 fully saturated rings. The number of rotatable bonds is 3. The first-order chi connectivity index (χ1) is 13.1. The number of furan rings is 1. The van der Waals surface area contributed by atoms with Gasteiger partial charge >= 0.3 is 6.18 Å². The highest BCUT2D eigenvalue weighted by Gasteiger charge is 2.37. The second-order valence-electron chi connectivity index (χ2n) is 5.66. The highest BCUT2D eigenvalue weighted by Crippen LogP contribution is 2.34.